The second-order valence-corrected chi connectivity index (χ2v) is 6.64. The van der Waals surface area contributed by atoms with Gasteiger partial charge in [0.15, 0.2) is 5.16 Å². The molecule has 1 heterocycles. The number of para-hydroxylation sites is 2. The monoisotopic (exact) mass is 289 g/mol. The summed E-state index contributed by atoms with van der Waals surface area (Å²) in [6.45, 7) is 1.93. The molecule has 0 unspecified atom stereocenters. The highest BCUT2D eigenvalue weighted by Gasteiger charge is 2.22. The number of nitrogens with zero attached hydrogens (tertiary/aromatic N) is 1. The van der Waals surface area contributed by atoms with Gasteiger partial charge in [-0.2, -0.15) is 0 Å². The molecular formula is C15H19N3OS. The third kappa shape index (κ3) is 2.98. The average molecular weight is 289 g/mol. The van der Waals surface area contributed by atoms with E-state index in [2.05, 4.69) is 15.3 Å². The number of imidazole rings is 1. The highest BCUT2D eigenvalue weighted by atomic mass is 32.2. The van der Waals surface area contributed by atoms with E-state index in [-0.39, 0.29) is 11.2 Å². The summed E-state index contributed by atoms with van der Waals surface area (Å²) < 4.78 is 0. The quantitative estimate of drug-likeness (QED) is 0.850. The molecule has 106 valence electrons. The Balaban J connectivity index is 1.62. The number of hydrogen-bond donors (Lipinski definition) is 2. The molecule has 0 bridgehead atoms. The van der Waals surface area contributed by atoms with Gasteiger partial charge < -0.3 is 10.3 Å². The molecule has 1 atom stereocenters. The summed E-state index contributed by atoms with van der Waals surface area (Å²) in [5.74, 6) is 0.113. The number of benzene rings is 1. The van der Waals surface area contributed by atoms with Gasteiger partial charge in [0.2, 0.25) is 5.91 Å². The summed E-state index contributed by atoms with van der Waals surface area (Å²) in [4.78, 5) is 19.9. The van der Waals surface area contributed by atoms with Gasteiger partial charge >= 0.3 is 0 Å². The molecule has 1 aromatic heterocycles. The van der Waals surface area contributed by atoms with Crippen molar-refractivity contribution in [2.75, 3.05) is 0 Å². The van der Waals surface area contributed by atoms with Crippen LogP contribution >= 0.6 is 11.8 Å². The number of nitrogens with one attached hydrogen (secondary N) is 2. The number of thioether (sulfide) groups is 1. The Morgan fingerprint density at radius 1 is 1.40 bits per heavy atom. The number of H-pyrrole nitrogens is 1. The molecule has 5 heteroatoms. The van der Waals surface area contributed by atoms with E-state index < -0.39 is 0 Å². The lowest BCUT2D eigenvalue weighted by atomic mass is 10.2. The molecule has 1 aromatic carbocycles. The van der Waals surface area contributed by atoms with Crippen molar-refractivity contribution in [2.45, 2.75) is 49.1 Å². The fourth-order valence-corrected chi connectivity index (χ4v) is 3.42. The van der Waals surface area contributed by atoms with Crippen LogP contribution in [-0.2, 0) is 4.79 Å². The molecule has 4 nitrogen and oxygen atoms in total. The van der Waals surface area contributed by atoms with Gasteiger partial charge in [-0.25, -0.2) is 4.98 Å². The first-order valence-electron chi connectivity index (χ1n) is 7.14. The van der Waals surface area contributed by atoms with Gasteiger partial charge in [0.05, 0.1) is 16.3 Å². The van der Waals surface area contributed by atoms with Crippen LogP contribution in [0.2, 0.25) is 0 Å². The number of aromatic amines is 1. The van der Waals surface area contributed by atoms with Gasteiger partial charge in [-0.1, -0.05) is 36.7 Å². The first-order valence-corrected chi connectivity index (χ1v) is 8.02. The maximum atomic E-state index is 12.1. The molecule has 3 rings (SSSR count). The summed E-state index contributed by atoms with van der Waals surface area (Å²) >= 11 is 1.48. The number of fused-ring (bicyclic) bond motifs is 1. The first kappa shape index (κ1) is 13.5. The van der Waals surface area contributed by atoms with Crippen LogP contribution in [0.5, 0.6) is 0 Å². The Hall–Kier alpha value is -1.49. The number of rotatable bonds is 4. The second-order valence-electron chi connectivity index (χ2n) is 5.31. The fourth-order valence-electron chi connectivity index (χ4n) is 2.59. The van der Waals surface area contributed by atoms with Crippen LogP contribution in [0.25, 0.3) is 11.0 Å². The maximum Gasteiger partial charge on any atom is 0.233 e. The minimum absolute atomic E-state index is 0.113. The number of aromatic nitrogens is 2. The van der Waals surface area contributed by atoms with Crippen LogP contribution in [-0.4, -0.2) is 27.2 Å². The molecule has 1 fully saturated rings. The van der Waals surface area contributed by atoms with E-state index in [9.17, 15) is 4.79 Å². The van der Waals surface area contributed by atoms with Crippen molar-refractivity contribution >= 4 is 28.7 Å². The summed E-state index contributed by atoms with van der Waals surface area (Å²) in [7, 11) is 0. The molecule has 0 saturated heterocycles. The lowest BCUT2D eigenvalue weighted by Gasteiger charge is -2.15. The van der Waals surface area contributed by atoms with Crippen LogP contribution in [0.15, 0.2) is 29.4 Å². The van der Waals surface area contributed by atoms with E-state index in [0.717, 1.165) is 29.0 Å². The van der Waals surface area contributed by atoms with Gasteiger partial charge in [-0.05, 0) is 31.9 Å². The van der Waals surface area contributed by atoms with Crippen molar-refractivity contribution in [3.05, 3.63) is 24.3 Å². The lowest BCUT2D eigenvalue weighted by molar-refractivity contribution is -0.120. The van der Waals surface area contributed by atoms with Gasteiger partial charge in [0, 0.05) is 6.04 Å². The number of carbonyl (C=O) groups is 1. The Kier molecular flexibility index (Phi) is 3.96. The molecule has 2 N–H and O–H groups in total. The first-order chi connectivity index (χ1) is 9.72. The molecule has 0 radical (unpaired) electrons. The number of hydrogen-bond acceptors (Lipinski definition) is 3. The Bertz CT molecular complexity index is 571. The molecule has 1 aliphatic rings. The normalized spacial score (nSPS) is 17.4. The highest BCUT2D eigenvalue weighted by Crippen LogP contribution is 2.24. The van der Waals surface area contributed by atoms with Crippen LogP contribution in [0.1, 0.15) is 32.6 Å². The predicted octanol–water partition coefficient (Wildman–Crippen LogP) is 3.10. The number of carbonyl (C=O) groups excluding carboxylic acids is 1. The summed E-state index contributed by atoms with van der Waals surface area (Å²) in [5, 5.41) is 3.81. The van der Waals surface area contributed by atoms with E-state index in [0.29, 0.717) is 6.04 Å². The summed E-state index contributed by atoms with van der Waals surface area (Å²) in [6, 6.07) is 8.29. The van der Waals surface area contributed by atoms with Gasteiger partial charge in [-0.15, -0.1) is 0 Å². The van der Waals surface area contributed by atoms with Crippen molar-refractivity contribution in [1.29, 1.82) is 0 Å². The number of amides is 1. The van der Waals surface area contributed by atoms with Crippen LogP contribution in [0, 0.1) is 0 Å². The topological polar surface area (TPSA) is 57.8 Å². The van der Waals surface area contributed by atoms with Gasteiger partial charge in [-0.3, -0.25) is 4.79 Å². The predicted molar refractivity (Wildman–Crippen MR) is 81.8 cm³/mol. The van der Waals surface area contributed by atoms with E-state index in [1.165, 1.54) is 24.6 Å². The molecule has 1 amide bonds. The van der Waals surface area contributed by atoms with Crippen LogP contribution in [0.3, 0.4) is 0 Å². The van der Waals surface area contributed by atoms with Crippen molar-refractivity contribution in [2.24, 2.45) is 0 Å². The van der Waals surface area contributed by atoms with Crippen molar-refractivity contribution in [1.82, 2.24) is 15.3 Å². The zero-order valence-electron chi connectivity index (χ0n) is 11.6. The maximum absolute atomic E-state index is 12.1. The molecule has 2 aromatic rings. The summed E-state index contributed by atoms with van der Waals surface area (Å²) in [5.41, 5.74) is 1.96. The van der Waals surface area contributed by atoms with E-state index >= 15 is 0 Å². The largest absolute Gasteiger partial charge is 0.352 e. The molecular weight excluding hydrogens is 270 g/mol. The van der Waals surface area contributed by atoms with Gasteiger partial charge in [0.1, 0.15) is 0 Å². The van der Waals surface area contributed by atoms with Gasteiger partial charge in [0.25, 0.3) is 0 Å². The highest BCUT2D eigenvalue weighted by molar-refractivity contribution is 8.00. The summed E-state index contributed by atoms with van der Waals surface area (Å²) in [6.07, 6.45) is 4.70. The molecule has 1 aliphatic carbocycles. The third-order valence-corrected chi connectivity index (χ3v) is 4.71. The molecule has 1 saturated carbocycles. The Labute approximate surface area is 122 Å². The van der Waals surface area contributed by atoms with Crippen molar-refractivity contribution in [3.63, 3.8) is 0 Å². The standard InChI is InChI=1S/C15H19N3OS/c1-10(14(19)16-11-6-2-3-7-11)20-15-17-12-8-4-5-9-13(12)18-15/h4-5,8-11H,2-3,6-7H2,1H3,(H,16,19)(H,17,18)/t10-/m0/s1. The minimum atomic E-state index is -0.129. The average Bonchev–Trinajstić information content (AvgIpc) is 3.06. The Morgan fingerprint density at radius 3 is 2.90 bits per heavy atom. The lowest BCUT2D eigenvalue weighted by Crippen LogP contribution is -2.37. The van der Waals surface area contributed by atoms with E-state index in [4.69, 9.17) is 0 Å². The second kappa shape index (κ2) is 5.87. The molecule has 0 aliphatic heterocycles. The molecule has 0 spiro atoms. The Morgan fingerprint density at radius 2 is 2.15 bits per heavy atom. The van der Waals surface area contributed by atoms with Crippen molar-refractivity contribution < 1.29 is 4.79 Å². The van der Waals surface area contributed by atoms with Crippen LogP contribution in [0.4, 0.5) is 0 Å². The third-order valence-electron chi connectivity index (χ3n) is 3.73. The minimum Gasteiger partial charge on any atom is -0.352 e. The zero-order valence-corrected chi connectivity index (χ0v) is 12.4. The van der Waals surface area contributed by atoms with E-state index in [1.807, 2.05) is 31.2 Å². The smallest absolute Gasteiger partial charge is 0.233 e. The van der Waals surface area contributed by atoms with E-state index in [1.54, 1.807) is 0 Å². The van der Waals surface area contributed by atoms with Crippen LogP contribution < -0.4 is 5.32 Å². The zero-order chi connectivity index (χ0) is 13.9. The SMILES string of the molecule is C[C@H](Sc1nc2ccccc2[nH]1)C(=O)NC1CCCC1. The molecule has 20 heavy (non-hydrogen) atoms. The van der Waals surface area contributed by atoms with Crippen molar-refractivity contribution in [3.8, 4) is 0 Å². The fraction of sp³-hybridized carbons (Fsp3) is 0.467.